The predicted octanol–water partition coefficient (Wildman–Crippen LogP) is -1.78. The van der Waals surface area contributed by atoms with Gasteiger partial charge in [0, 0.05) is 0 Å². The first-order valence-corrected chi connectivity index (χ1v) is 25.5. The normalized spacial score (nSPS) is 32.7. The third kappa shape index (κ3) is 11.3. The number of phosphoric ester groups is 3. The van der Waals surface area contributed by atoms with Gasteiger partial charge in [-0.2, -0.15) is 8.62 Å². The average Bonchev–Trinajstić information content (AvgIpc) is 3.99. The first-order valence-electron chi connectivity index (χ1n) is 19.5. The number of nitrogens with zero attached hydrogens (tertiary/aromatic N) is 7. The van der Waals surface area contributed by atoms with E-state index in [-0.39, 0.29) is 34.1 Å². The number of hydrogen-bond acceptors (Lipinski definition) is 24. The largest absolute Gasteiger partial charge is 0.490 e. The van der Waals surface area contributed by atoms with Crippen molar-refractivity contribution in [2.24, 2.45) is 7.05 Å². The molecule has 3 fully saturated rings. The molecule has 0 saturated carbocycles. The van der Waals surface area contributed by atoms with Crippen LogP contribution in [0.3, 0.4) is 0 Å². The summed E-state index contributed by atoms with van der Waals surface area (Å²) in [4.78, 5) is 72.1. The Morgan fingerprint density at radius 2 is 1.46 bits per heavy atom. The summed E-state index contributed by atoms with van der Waals surface area (Å²) in [5, 5.41) is 31.9. The average molecular weight is 1040 g/mol. The second-order valence-electron chi connectivity index (χ2n) is 15.4. The number of H-pyrrole nitrogens is 1. The number of phosphoric acid groups is 4. The van der Waals surface area contributed by atoms with Crippen LogP contribution in [0.5, 0.6) is 0 Å². The van der Waals surface area contributed by atoms with Gasteiger partial charge in [0.15, 0.2) is 30.2 Å². The number of hydrogen-bond donors (Lipinski definition) is 10. The summed E-state index contributed by atoms with van der Waals surface area (Å²) in [7, 11) is -21.9. The molecular weight excluding hydrogens is 995 g/mol. The Morgan fingerprint density at radius 1 is 0.851 bits per heavy atom. The van der Waals surface area contributed by atoms with Crippen molar-refractivity contribution in [1.82, 2.24) is 34.1 Å². The molecule has 0 spiro atoms. The number of aromatic nitrogens is 8. The molecular formula is C30H46FN10O22P4+. The van der Waals surface area contributed by atoms with Crippen LogP contribution in [0, 0.1) is 0 Å². The fourth-order valence-electron chi connectivity index (χ4n) is 7.33. The number of ether oxygens (including phenoxy) is 4. The van der Waals surface area contributed by atoms with Crippen LogP contribution in [-0.4, -0.2) is 156 Å². The summed E-state index contributed by atoms with van der Waals surface area (Å²) < 4.78 is 122. The van der Waals surface area contributed by atoms with E-state index in [9.17, 15) is 57.9 Å². The summed E-state index contributed by atoms with van der Waals surface area (Å²) in [6, 6.07) is 0. The van der Waals surface area contributed by atoms with Gasteiger partial charge in [-0.1, -0.05) is 4.98 Å². The Bertz CT molecular complexity index is 2710. The highest BCUT2D eigenvalue weighted by Gasteiger charge is 2.53. The van der Waals surface area contributed by atoms with Crippen LogP contribution in [-0.2, 0) is 71.0 Å². The summed E-state index contributed by atoms with van der Waals surface area (Å²) >= 11 is 0. The number of halogens is 1. The number of anilines is 2. The molecule has 3 saturated heterocycles. The van der Waals surface area contributed by atoms with Crippen LogP contribution in [0.2, 0.25) is 0 Å². The summed E-state index contributed by atoms with van der Waals surface area (Å²) in [6.07, 6.45) is -16.6. The Balaban J connectivity index is 1.00. The number of nitrogens with two attached hydrogens (primary N) is 2. The van der Waals surface area contributed by atoms with Crippen molar-refractivity contribution in [2.75, 3.05) is 31.3 Å². The summed E-state index contributed by atoms with van der Waals surface area (Å²) in [6.45, 7) is 1.62. The molecule has 0 bridgehead atoms. The smallest absolute Gasteiger partial charge is 0.388 e. The molecule has 0 aliphatic carbocycles. The summed E-state index contributed by atoms with van der Waals surface area (Å²) in [5.74, 6) is -0.435. The molecule has 0 aromatic carbocycles. The van der Waals surface area contributed by atoms with Gasteiger partial charge >= 0.3 is 36.9 Å². The third-order valence-electron chi connectivity index (χ3n) is 10.2. The number of nitrogen functional groups attached to an aromatic ring is 2. The molecule has 0 amide bonds. The Kier molecular flexibility index (Phi) is 15.0. The highest BCUT2D eigenvalue weighted by molar-refractivity contribution is 7.66. The molecule has 16 atom stereocenters. The van der Waals surface area contributed by atoms with Gasteiger partial charge in [0.25, 0.3) is 11.5 Å². The van der Waals surface area contributed by atoms with Gasteiger partial charge in [-0.25, -0.2) is 42.2 Å². The maximum atomic E-state index is 16.4. The standard InChI is InChI=1S/C30H45FN10O22P4/c1-11(2)57-23-15(58-12(3)19(23)42)7-54-64(46,47)61-22-14(60-28(16(22)31)40-9-36-17-24(32)34-8-35-25(17)40)6-56-66(50,51)63-67(52,53)62-65(48,49)55-5-13-20(43)21(44)29(59-13)41-10-39(4)18-26(41)37-30(33)38-27(18)45/h8-16,19-23,28-29,42-44H,5-7H2,1-4H3,(H8-,32,33,34,35,37,38,45,46,47,48,49,50,51,52,53)/p+1/t12-,13+,14+,15+,16?,19?,20-,21?,22-,23-,28+,29+/m0/s1. The Labute approximate surface area is 374 Å². The minimum Gasteiger partial charge on any atom is -0.388 e. The van der Waals surface area contributed by atoms with E-state index in [1.165, 1.54) is 24.9 Å². The third-order valence-corrected chi connectivity index (χ3v) is 15.4. The van der Waals surface area contributed by atoms with E-state index in [1.807, 2.05) is 0 Å². The molecule has 12 N–H and O–H groups in total. The molecule has 0 radical (unpaired) electrons. The quantitative estimate of drug-likeness (QED) is 0.0366. The summed E-state index contributed by atoms with van der Waals surface area (Å²) in [5.41, 5.74) is 10.6. The molecule has 32 nitrogen and oxygen atoms in total. The number of alkyl halides is 1. The molecule has 7 heterocycles. The number of rotatable bonds is 19. The molecule has 4 aromatic heterocycles. The zero-order valence-electron chi connectivity index (χ0n) is 35.1. The first-order chi connectivity index (χ1) is 31.2. The van der Waals surface area contributed by atoms with Crippen molar-refractivity contribution in [3.8, 4) is 0 Å². The van der Waals surface area contributed by atoms with Gasteiger partial charge in [-0.05, 0) is 20.8 Å². The van der Waals surface area contributed by atoms with E-state index in [1.54, 1.807) is 13.8 Å². The number of fused-ring (bicyclic) bond motifs is 2. The molecule has 37 heteroatoms. The highest BCUT2D eigenvalue weighted by atomic mass is 31.3. The second-order valence-corrected chi connectivity index (χ2v) is 21.5. The van der Waals surface area contributed by atoms with E-state index >= 15 is 4.39 Å². The molecule has 7 unspecified atom stereocenters. The van der Waals surface area contributed by atoms with E-state index in [4.69, 9.17) is 44.0 Å². The van der Waals surface area contributed by atoms with Gasteiger partial charge in [0.05, 0.1) is 45.4 Å². The second kappa shape index (κ2) is 19.5. The Hall–Kier alpha value is -3.33. The lowest BCUT2D eigenvalue weighted by Crippen LogP contribution is -2.46. The van der Waals surface area contributed by atoms with Crippen LogP contribution >= 0.6 is 31.3 Å². The molecule has 67 heavy (non-hydrogen) atoms. The lowest BCUT2D eigenvalue weighted by molar-refractivity contribution is -0.745. The molecule has 4 aromatic rings. The SMILES string of the molecule is CC(C)O[C@@H]1C(O)[C@H](C)O[C@@H]1COP(=O)(O)O[C@@H]1C(F)[C@H](n2cnc3c(N)ncnc32)O[C@@H]1COP(=O)(O)OP(=O)(O)OP(=O)(O)OC[C@H]1O[C@@H]([n+]2cn(C)c3c(=O)[nH]c(N)nc32)C(O)[C@H]1O. The van der Waals surface area contributed by atoms with Gasteiger partial charge < -0.3 is 65.3 Å². The minimum absolute atomic E-state index is 0.0176. The van der Waals surface area contributed by atoms with E-state index in [0.717, 1.165) is 21.8 Å². The number of nitrogens with one attached hydrogen (secondary N) is 1. The van der Waals surface area contributed by atoms with Gasteiger partial charge in [-0.15, -0.1) is 0 Å². The van der Waals surface area contributed by atoms with Gasteiger partial charge in [0.1, 0.15) is 60.7 Å². The van der Waals surface area contributed by atoms with Crippen molar-refractivity contribution >= 4 is 65.4 Å². The fraction of sp³-hybridized carbons (Fsp3) is 0.667. The Morgan fingerprint density at radius 3 is 2.10 bits per heavy atom. The lowest BCUT2D eigenvalue weighted by Gasteiger charge is -2.25. The van der Waals surface area contributed by atoms with Crippen molar-refractivity contribution in [3.05, 3.63) is 29.3 Å². The van der Waals surface area contributed by atoms with Gasteiger partial charge in [-0.3, -0.25) is 37.0 Å². The van der Waals surface area contributed by atoms with Crippen LogP contribution in [0.1, 0.15) is 33.2 Å². The van der Waals surface area contributed by atoms with E-state index in [0.29, 0.717) is 0 Å². The fourth-order valence-corrected chi connectivity index (χ4v) is 11.8. The zero-order valence-corrected chi connectivity index (χ0v) is 38.6. The molecule has 3 aliphatic rings. The van der Waals surface area contributed by atoms with Crippen LogP contribution < -0.4 is 21.6 Å². The highest BCUT2D eigenvalue weighted by Crippen LogP contribution is 2.68. The molecule has 3 aliphatic heterocycles. The van der Waals surface area contributed by atoms with Crippen molar-refractivity contribution in [3.63, 3.8) is 0 Å². The van der Waals surface area contributed by atoms with Gasteiger partial charge in [0.2, 0.25) is 11.7 Å². The van der Waals surface area contributed by atoms with E-state index < -0.39 is 136 Å². The number of aromatic amines is 1. The maximum Gasteiger partial charge on any atom is 0.490 e. The number of aliphatic hydroxyl groups is 3. The van der Waals surface area contributed by atoms with Crippen molar-refractivity contribution in [1.29, 1.82) is 0 Å². The van der Waals surface area contributed by atoms with Crippen LogP contribution in [0.25, 0.3) is 22.3 Å². The monoisotopic (exact) mass is 1040 g/mol. The van der Waals surface area contributed by atoms with Crippen LogP contribution in [0.15, 0.2) is 23.8 Å². The topological polar surface area (TPSA) is 452 Å². The molecule has 374 valence electrons. The minimum atomic E-state index is -6.18. The number of aryl methyl sites for hydroxylation is 1. The van der Waals surface area contributed by atoms with Crippen molar-refractivity contribution in [2.45, 2.75) is 100 Å². The van der Waals surface area contributed by atoms with Crippen LogP contribution in [0.4, 0.5) is 16.2 Å². The van der Waals surface area contributed by atoms with Crippen molar-refractivity contribution < 1.29 is 108 Å². The number of aliphatic hydroxyl groups excluding tert-OH is 3. The lowest BCUT2D eigenvalue weighted by atomic mass is 10.1. The molecule has 7 rings (SSSR count). The predicted molar refractivity (Wildman–Crippen MR) is 215 cm³/mol. The first kappa shape index (κ1) is 51.5. The maximum absolute atomic E-state index is 16.4. The van der Waals surface area contributed by atoms with E-state index in [2.05, 4.69) is 38.1 Å². The number of imidazole rings is 2. The zero-order chi connectivity index (χ0) is 49.1.